The third-order valence-corrected chi connectivity index (χ3v) is 3.79. The van der Waals surface area contributed by atoms with Crippen molar-refractivity contribution in [2.45, 2.75) is 19.4 Å². The van der Waals surface area contributed by atoms with Crippen molar-refractivity contribution in [1.29, 1.82) is 0 Å². The van der Waals surface area contributed by atoms with Crippen LogP contribution in [0.5, 0.6) is 0 Å². The summed E-state index contributed by atoms with van der Waals surface area (Å²) in [5.74, 6) is 1.94. The highest BCUT2D eigenvalue weighted by molar-refractivity contribution is 5.85. The number of nitrogens with two attached hydrogens (primary N) is 1. The van der Waals surface area contributed by atoms with Crippen LogP contribution in [-0.4, -0.2) is 34.7 Å². The maximum Gasteiger partial charge on any atom is 0.257 e. The van der Waals surface area contributed by atoms with Gasteiger partial charge in [-0.25, -0.2) is 0 Å². The minimum absolute atomic E-state index is 0. The number of hydrogen-bond donors (Lipinski definition) is 1. The van der Waals surface area contributed by atoms with Gasteiger partial charge in [0.25, 0.3) is 5.89 Å². The van der Waals surface area contributed by atoms with E-state index in [-0.39, 0.29) is 12.4 Å². The van der Waals surface area contributed by atoms with Gasteiger partial charge in [0.1, 0.15) is 0 Å². The van der Waals surface area contributed by atoms with E-state index < -0.39 is 0 Å². The summed E-state index contributed by atoms with van der Waals surface area (Å²) in [6.45, 7) is 3.63. The maximum atomic E-state index is 5.76. The predicted molar refractivity (Wildman–Crippen MR) is 84.0 cm³/mol. The van der Waals surface area contributed by atoms with Crippen molar-refractivity contribution in [1.82, 2.24) is 15.0 Å². The molecule has 6 heteroatoms. The van der Waals surface area contributed by atoms with Crippen LogP contribution in [0.1, 0.15) is 18.7 Å². The topological polar surface area (TPSA) is 68.2 Å². The first-order valence-corrected chi connectivity index (χ1v) is 7.15. The van der Waals surface area contributed by atoms with E-state index in [0.29, 0.717) is 11.8 Å². The number of aromatic nitrogens is 2. The summed E-state index contributed by atoms with van der Waals surface area (Å²) >= 11 is 0. The van der Waals surface area contributed by atoms with Gasteiger partial charge >= 0.3 is 0 Å². The van der Waals surface area contributed by atoms with E-state index in [1.54, 1.807) is 0 Å². The molecule has 0 saturated carbocycles. The van der Waals surface area contributed by atoms with Gasteiger partial charge in [-0.15, -0.1) is 12.4 Å². The molecule has 0 radical (unpaired) electrons. The summed E-state index contributed by atoms with van der Waals surface area (Å²) in [5.41, 5.74) is 6.73. The van der Waals surface area contributed by atoms with Gasteiger partial charge in [0.2, 0.25) is 0 Å². The van der Waals surface area contributed by atoms with Gasteiger partial charge in [-0.05, 0) is 44.0 Å². The lowest BCUT2D eigenvalue weighted by molar-refractivity contribution is 0.166. The molecule has 2 aromatic rings. The molecule has 1 saturated heterocycles. The van der Waals surface area contributed by atoms with Crippen LogP contribution in [-0.2, 0) is 6.54 Å². The Morgan fingerprint density at radius 1 is 1.29 bits per heavy atom. The normalized spacial score (nSPS) is 19.2. The minimum atomic E-state index is 0. The quantitative estimate of drug-likeness (QED) is 0.939. The SMILES string of the molecule is Cl.NCC1CCCN(Cc2noc(-c3ccccc3)n2)C1. The average Bonchev–Trinajstić information content (AvgIpc) is 2.97. The summed E-state index contributed by atoms with van der Waals surface area (Å²) in [5, 5.41) is 4.08. The van der Waals surface area contributed by atoms with Crippen molar-refractivity contribution in [3.05, 3.63) is 36.2 Å². The Balaban J connectivity index is 0.00000161. The fourth-order valence-corrected chi connectivity index (χ4v) is 2.70. The molecule has 114 valence electrons. The summed E-state index contributed by atoms with van der Waals surface area (Å²) in [4.78, 5) is 6.84. The number of hydrogen-bond acceptors (Lipinski definition) is 5. The minimum Gasteiger partial charge on any atom is -0.334 e. The average molecular weight is 309 g/mol. The number of halogens is 1. The lowest BCUT2D eigenvalue weighted by Gasteiger charge is -2.30. The molecule has 1 aliphatic heterocycles. The van der Waals surface area contributed by atoms with Crippen molar-refractivity contribution < 1.29 is 4.52 Å². The molecule has 1 aromatic heterocycles. The third-order valence-electron chi connectivity index (χ3n) is 3.79. The fourth-order valence-electron chi connectivity index (χ4n) is 2.70. The van der Waals surface area contributed by atoms with E-state index in [1.165, 1.54) is 12.8 Å². The first-order valence-electron chi connectivity index (χ1n) is 7.15. The van der Waals surface area contributed by atoms with Crippen LogP contribution in [0, 0.1) is 5.92 Å². The van der Waals surface area contributed by atoms with Gasteiger partial charge in [-0.3, -0.25) is 4.90 Å². The molecule has 1 aromatic carbocycles. The standard InChI is InChI=1S/C15H20N4O.ClH/c16-9-12-5-4-8-19(10-12)11-14-17-15(20-18-14)13-6-2-1-3-7-13;/h1-3,6-7,12H,4-5,8-11,16H2;1H. The molecular formula is C15H21ClN4O. The monoisotopic (exact) mass is 308 g/mol. The number of rotatable bonds is 4. The molecular weight excluding hydrogens is 288 g/mol. The first-order chi connectivity index (χ1) is 9.85. The summed E-state index contributed by atoms with van der Waals surface area (Å²) in [7, 11) is 0. The van der Waals surface area contributed by atoms with Gasteiger partial charge in [0, 0.05) is 12.1 Å². The van der Waals surface area contributed by atoms with Crippen molar-refractivity contribution in [2.75, 3.05) is 19.6 Å². The van der Waals surface area contributed by atoms with Gasteiger partial charge in [-0.1, -0.05) is 23.4 Å². The molecule has 2 heterocycles. The lowest BCUT2D eigenvalue weighted by atomic mass is 9.98. The number of benzene rings is 1. The fraction of sp³-hybridized carbons (Fsp3) is 0.467. The Kier molecular flexibility index (Phi) is 5.73. The first kappa shape index (κ1) is 15.9. The Bertz CT molecular complexity index is 546. The molecule has 0 bridgehead atoms. The highest BCUT2D eigenvalue weighted by atomic mass is 35.5. The molecule has 3 rings (SSSR count). The van der Waals surface area contributed by atoms with Crippen molar-refractivity contribution >= 4 is 12.4 Å². The Hall–Kier alpha value is -1.43. The maximum absolute atomic E-state index is 5.76. The van der Waals surface area contributed by atoms with Gasteiger partial charge in [-0.2, -0.15) is 4.98 Å². The molecule has 1 atom stereocenters. The molecule has 1 unspecified atom stereocenters. The van der Waals surface area contributed by atoms with Crippen LogP contribution >= 0.6 is 12.4 Å². The van der Waals surface area contributed by atoms with E-state index in [2.05, 4.69) is 15.0 Å². The Morgan fingerprint density at radius 2 is 2.10 bits per heavy atom. The van der Waals surface area contributed by atoms with Gasteiger partial charge in [0.05, 0.1) is 6.54 Å². The van der Waals surface area contributed by atoms with Crippen molar-refractivity contribution in [2.24, 2.45) is 11.7 Å². The Labute approximate surface area is 130 Å². The van der Waals surface area contributed by atoms with Gasteiger partial charge in [0.15, 0.2) is 5.82 Å². The summed E-state index contributed by atoms with van der Waals surface area (Å²) in [6, 6.07) is 9.86. The van der Waals surface area contributed by atoms with Crippen molar-refractivity contribution in [3.8, 4) is 11.5 Å². The van der Waals surface area contributed by atoms with Crippen LogP contribution < -0.4 is 5.73 Å². The van der Waals surface area contributed by atoms with Crippen LogP contribution in [0.25, 0.3) is 11.5 Å². The van der Waals surface area contributed by atoms with E-state index in [0.717, 1.165) is 37.6 Å². The van der Waals surface area contributed by atoms with Crippen LogP contribution in [0.4, 0.5) is 0 Å². The van der Waals surface area contributed by atoms with Gasteiger partial charge < -0.3 is 10.3 Å². The molecule has 1 aliphatic rings. The molecule has 21 heavy (non-hydrogen) atoms. The molecule has 0 amide bonds. The highest BCUT2D eigenvalue weighted by Crippen LogP contribution is 2.19. The van der Waals surface area contributed by atoms with Crippen LogP contribution in [0.3, 0.4) is 0 Å². The summed E-state index contributed by atoms with van der Waals surface area (Å²) in [6.07, 6.45) is 2.43. The molecule has 0 aliphatic carbocycles. The van der Waals surface area contributed by atoms with E-state index >= 15 is 0 Å². The number of piperidine rings is 1. The number of likely N-dealkylation sites (tertiary alicyclic amines) is 1. The second kappa shape index (κ2) is 7.54. The second-order valence-corrected chi connectivity index (χ2v) is 5.36. The largest absolute Gasteiger partial charge is 0.334 e. The zero-order valence-corrected chi connectivity index (χ0v) is 12.8. The Morgan fingerprint density at radius 3 is 2.86 bits per heavy atom. The molecule has 5 nitrogen and oxygen atoms in total. The lowest BCUT2D eigenvalue weighted by Crippen LogP contribution is -2.38. The second-order valence-electron chi connectivity index (χ2n) is 5.36. The molecule has 2 N–H and O–H groups in total. The van der Waals surface area contributed by atoms with E-state index in [4.69, 9.17) is 10.3 Å². The van der Waals surface area contributed by atoms with Crippen molar-refractivity contribution in [3.63, 3.8) is 0 Å². The number of nitrogens with zero attached hydrogens (tertiary/aromatic N) is 3. The predicted octanol–water partition coefficient (Wildman–Crippen LogP) is 2.33. The molecule has 1 fully saturated rings. The van der Waals surface area contributed by atoms with Crippen LogP contribution in [0.2, 0.25) is 0 Å². The zero-order chi connectivity index (χ0) is 13.8. The van der Waals surface area contributed by atoms with Crippen LogP contribution in [0.15, 0.2) is 34.9 Å². The summed E-state index contributed by atoms with van der Waals surface area (Å²) < 4.78 is 5.33. The molecule has 0 spiro atoms. The third kappa shape index (κ3) is 4.03. The highest BCUT2D eigenvalue weighted by Gasteiger charge is 2.20. The zero-order valence-electron chi connectivity index (χ0n) is 11.9. The van der Waals surface area contributed by atoms with E-state index in [1.807, 2.05) is 30.3 Å². The smallest absolute Gasteiger partial charge is 0.257 e. The van der Waals surface area contributed by atoms with E-state index in [9.17, 15) is 0 Å².